The van der Waals surface area contributed by atoms with Crippen LogP contribution in [0, 0.1) is 5.92 Å². The molecule has 25 heavy (non-hydrogen) atoms. The van der Waals surface area contributed by atoms with Crippen molar-refractivity contribution in [1.82, 2.24) is 4.90 Å². The molecular weight excluding hydrogens is 308 g/mol. The first-order valence-electron chi connectivity index (χ1n) is 10.2. The van der Waals surface area contributed by atoms with E-state index in [2.05, 4.69) is 32.6 Å². The Morgan fingerprint density at radius 3 is 2.08 bits per heavy atom. The Kier molecular flexibility index (Phi) is 10.3. The lowest BCUT2D eigenvalue weighted by atomic mass is 9.96. The molecule has 3 nitrogen and oxygen atoms in total. The summed E-state index contributed by atoms with van der Waals surface area (Å²) in [6.07, 6.45) is 9.27. The van der Waals surface area contributed by atoms with Gasteiger partial charge < -0.3 is 10.6 Å². The SMILES string of the molecule is CCCCC(CC)CN(C(=O)c1ccc(N)cc1)C(CC)CCCC. The summed E-state index contributed by atoms with van der Waals surface area (Å²) in [7, 11) is 0. The van der Waals surface area contributed by atoms with E-state index in [-0.39, 0.29) is 5.91 Å². The molecule has 0 radical (unpaired) electrons. The number of nitrogen functional groups attached to an aromatic ring is 1. The van der Waals surface area contributed by atoms with Gasteiger partial charge in [0.15, 0.2) is 0 Å². The highest BCUT2D eigenvalue weighted by Crippen LogP contribution is 2.22. The Hall–Kier alpha value is -1.51. The van der Waals surface area contributed by atoms with E-state index in [1.807, 2.05) is 24.3 Å². The van der Waals surface area contributed by atoms with Crippen molar-refractivity contribution >= 4 is 11.6 Å². The molecule has 3 heteroatoms. The van der Waals surface area contributed by atoms with Crippen LogP contribution >= 0.6 is 0 Å². The number of hydrogen-bond acceptors (Lipinski definition) is 2. The summed E-state index contributed by atoms with van der Waals surface area (Å²) in [5.74, 6) is 0.756. The average molecular weight is 347 g/mol. The van der Waals surface area contributed by atoms with E-state index in [1.165, 1.54) is 32.1 Å². The number of benzene rings is 1. The van der Waals surface area contributed by atoms with Crippen LogP contribution in [0.15, 0.2) is 24.3 Å². The zero-order valence-corrected chi connectivity index (χ0v) is 16.8. The molecule has 0 bridgehead atoms. The number of hydrogen-bond donors (Lipinski definition) is 1. The second-order valence-corrected chi connectivity index (χ2v) is 7.20. The van der Waals surface area contributed by atoms with Crippen molar-refractivity contribution in [2.75, 3.05) is 12.3 Å². The van der Waals surface area contributed by atoms with Crippen LogP contribution in [0.25, 0.3) is 0 Å². The Bertz CT molecular complexity index is 483. The van der Waals surface area contributed by atoms with Gasteiger partial charge in [0, 0.05) is 23.8 Å². The molecule has 1 aromatic carbocycles. The van der Waals surface area contributed by atoms with E-state index in [4.69, 9.17) is 5.73 Å². The third kappa shape index (κ3) is 7.09. The minimum Gasteiger partial charge on any atom is -0.399 e. The lowest BCUT2D eigenvalue weighted by Gasteiger charge is -2.34. The van der Waals surface area contributed by atoms with Gasteiger partial charge in [-0.3, -0.25) is 4.79 Å². The molecule has 1 amide bonds. The third-order valence-electron chi connectivity index (χ3n) is 5.22. The minimum atomic E-state index is 0.165. The Morgan fingerprint density at radius 2 is 1.56 bits per heavy atom. The number of nitrogens with zero attached hydrogens (tertiary/aromatic N) is 1. The van der Waals surface area contributed by atoms with Crippen LogP contribution in [0.1, 0.15) is 89.4 Å². The summed E-state index contributed by atoms with van der Waals surface area (Å²) in [6, 6.07) is 7.72. The summed E-state index contributed by atoms with van der Waals surface area (Å²) < 4.78 is 0. The summed E-state index contributed by atoms with van der Waals surface area (Å²) in [4.78, 5) is 15.4. The summed E-state index contributed by atoms with van der Waals surface area (Å²) in [5, 5.41) is 0. The molecule has 0 saturated carbocycles. The predicted octanol–water partition coefficient (Wildman–Crippen LogP) is 5.90. The molecule has 1 aromatic rings. The second kappa shape index (κ2) is 11.9. The van der Waals surface area contributed by atoms with Crippen molar-refractivity contribution in [3.05, 3.63) is 29.8 Å². The fraction of sp³-hybridized carbons (Fsp3) is 0.682. The van der Waals surface area contributed by atoms with E-state index in [0.717, 1.165) is 31.4 Å². The molecule has 0 aliphatic carbocycles. The van der Waals surface area contributed by atoms with E-state index in [0.29, 0.717) is 17.6 Å². The standard InChI is InChI=1S/C22H38N2O/c1-5-9-11-18(7-3)17-24(21(8-4)12-10-6-2)22(25)19-13-15-20(23)16-14-19/h13-16,18,21H,5-12,17,23H2,1-4H3. The number of nitrogens with two attached hydrogens (primary N) is 1. The molecular formula is C22H38N2O. The largest absolute Gasteiger partial charge is 0.399 e. The van der Waals surface area contributed by atoms with Crippen LogP contribution in [0.3, 0.4) is 0 Å². The van der Waals surface area contributed by atoms with Gasteiger partial charge in [-0.05, 0) is 49.4 Å². The van der Waals surface area contributed by atoms with Gasteiger partial charge in [0.1, 0.15) is 0 Å². The minimum absolute atomic E-state index is 0.165. The first kappa shape index (κ1) is 21.5. The van der Waals surface area contributed by atoms with Crippen LogP contribution in [-0.2, 0) is 0 Å². The Labute approximate surface area is 155 Å². The molecule has 0 fully saturated rings. The van der Waals surface area contributed by atoms with Gasteiger partial charge in [0.05, 0.1) is 0 Å². The monoisotopic (exact) mass is 346 g/mol. The number of carbonyl (C=O) groups excluding carboxylic acids is 1. The highest BCUT2D eigenvalue weighted by Gasteiger charge is 2.25. The van der Waals surface area contributed by atoms with Gasteiger partial charge >= 0.3 is 0 Å². The number of unbranched alkanes of at least 4 members (excludes halogenated alkanes) is 2. The number of carbonyl (C=O) groups is 1. The van der Waals surface area contributed by atoms with Crippen LogP contribution in [-0.4, -0.2) is 23.4 Å². The highest BCUT2D eigenvalue weighted by atomic mass is 16.2. The highest BCUT2D eigenvalue weighted by molar-refractivity contribution is 5.94. The van der Waals surface area contributed by atoms with Crippen molar-refractivity contribution in [1.29, 1.82) is 0 Å². The van der Waals surface area contributed by atoms with E-state index in [9.17, 15) is 4.79 Å². The second-order valence-electron chi connectivity index (χ2n) is 7.20. The van der Waals surface area contributed by atoms with E-state index < -0.39 is 0 Å². The van der Waals surface area contributed by atoms with Crippen molar-refractivity contribution in [2.24, 2.45) is 5.92 Å². The maximum atomic E-state index is 13.2. The fourth-order valence-corrected chi connectivity index (χ4v) is 3.40. The quantitative estimate of drug-likeness (QED) is 0.479. The molecule has 142 valence electrons. The van der Waals surface area contributed by atoms with Crippen molar-refractivity contribution in [2.45, 2.75) is 85.1 Å². The number of rotatable bonds is 12. The molecule has 2 unspecified atom stereocenters. The smallest absolute Gasteiger partial charge is 0.254 e. The Balaban J connectivity index is 2.98. The predicted molar refractivity (Wildman–Crippen MR) is 109 cm³/mol. The van der Waals surface area contributed by atoms with Gasteiger partial charge in [-0.2, -0.15) is 0 Å². The molecule has 0 spiro atoms. The normalized spacial score (nSPS) is 13.4. The third-order valence-corrected chi connectivity index (χ3v) is 5.22. The van der Waals surface area contributed by atoms with Crippen molar-refractivity contribution in [3.63, 3.8) is 0 Å². The van der Waals surface area contributed by atoms with Gasteiger partial charge in [-0.15, -0.1) is 0 Å². The summed E-state index contributed by atoms with van der Waals surface area (Å²) >= 11 is 0. The van der Waals surface area contributed by atoms with Crippen LogP contribution in [0.4, 0.5) is 5.69 Å². The van der Waals surface area contributed by atoms with Crippen molar-refractivity contribution < 1.29 is 4.79 Å². The van der Waals surface area contributed by atoms with Gasteiger partial charge in [0.25, 0.3) is 5.91 Å². The van der Waals surface area contributed by atoms with Gasteiger partial charge in [-0.25, -0.2) is 0 Å². The molecule has 2 atom stereocenters. The number of anilines is 1. The fourth-order valence-electron chi connectivity index (χ4n) is 3.40. The average Bonchev–Trinajstić information content (AvgIpc) is 2.64. The van der Waals surface area contributed by atoms with E-state index >= 15 is 0 Å². The molecule has 1 rings (SSSR count). The number of amides is 1. The maximum Gasteiger partial charge on any atom is 0.254 e. The zero-order chi connectivity index (χ0) is 18.7. The van der Waals surface area contributed by atoms with Crippen LogP contribution in [0.2, 0.25) is 0 Å². The first-order chi connectivity index (χ1) is 12.1. The molecule has 0 aliphatic heterocycles. The van der Waals surface area contributed by atoms with Crippen molar-refractivity contribution in [3.8, 4) is 0 Å². The van der Waals surface area contributed by atoms with Gasteiger partial charge in [0.2, 0.25) is 0 Å². The summed E-state index contributed by atoms with van der Waals surface area (Å²) in [6.45, 7) is 9.78. The topological polar surface area (TPSA) is 46.3 Å². The molecule has 0 saturated heterocycles. The van der Waals surface area contributed by atoms with Crippen LogP contribution < -0.4 is 5.73 Å². The molecule has 0 aliphatic rings. The lowest BCUT2D eigenvalue weighted by Crippen LogP contribution is -2.43. The molecule has 0 heterocycles. The van der Waals surface area contributed by atoms with E-state index in [1.54, 1.807) is 0 Å². The Morgan fingerprint density at radius 1 is 0.960 bits per heavy atom. The van der Waals surface area contributed by atoms with Gasteiger partial charge in [-0.1, -0.05) is 59.8 Å². The molecule has 2 N–H and O–H groups in total. The lowest BCUT2D eigenvalue weighted by molar-refractivity contribution is 0.0613. The van der Waals surface area contributed by atoms with Crippen LogP contribution in [0.5, 0.6) is 0 Å². The molecule has 0 aromatic heterocycles. The zero-order valence-electron chi connectivity index (χ0n) is 16.8. The summed E-state index contributed by atoms with van der Waals surface area (Å²) in [5.41, 5.74) is 7.25. The maximum absolute atomic E-state index is 13.2. The first-order valence-corrected chi connectivity index (χ1v) is 10.2.